The van der Waals surface area contributed by atoms with E-state index in [1.54, 1.807) is 11.4 Å². The summed E-state index contributed by atoms with van der Waals surface area (Å²) in [6, 6.07) is 1.75. The zero-order chi connectivity index (χ0) is 24.0. The van der Waals surface area contributed by atoms with E-state index in [-0.39, 0.29) is 41.8 Å². The molecule has 1 atom stereocenters. The number of aromatic nitrogens is 2. The van der Waals surface area contributed by atoms with Gasteiger partial charge in [-0.05, 0) is 62.8 Å². The van der Waals surface area contributed by atoms with E-state index in [0.717, 1.165) is 51.5 Å². The molecular formula is C24H36N4O4S. The van der Waals surface area contributed by atoms with Crippen LogP contribution in [0.5, 0.6) is 0 Å². The molecule has 0 aromatic carbocycles. The van der Waals surface area contributed by atoms with Crippen LogP contribution in [0.4, 0.5) is 0 Å². The molecule has 1 aliphatic carbocycles. The molecule has 2 aromatic rings. The number of rotatable bonds is 10. The van der Waals surface area contributed by atoms with Crippen LogP contribution < -0.4 is 21.9 Å². The normalized spacial score (nSPS) is 19.4. The van der Waals surface area contributed by atoms with Gasteiger partial charge in [0.1, 0.15) is 11.2 Å². The summed E-state index contributed by atoms with van der Waals surface area (Å²) in [6.45, 7) is 6.93. The molecule has 0 unspecified atom stereocenters. The summed E-state index contributed by atoms with van der Waals surface area (Å²) in [7, 11) is 0. The third-order valence-corrected chi connectivity index (χ3v) is 7.54. The Morgan fingerprint density at radius 3 is 2.55 bits per heavy atom. The molecule has 1 fully saturated rings. The molecule has 2 N–H and O–H groups in total. The van der Waals surface area contributed by atoms with Crippen molar-refractivity contribution in [2.24, 2.45) is 11.8 Å². The summed E-state index contributed by atoms with van der Waals surface area (Å²) in [5, 5.41) is 7.68. The Morgan fingerprint density at radius 1 is 1.15 bits per heavy atom. The van der Waals surface area contributed by atoms with Gasteiger partial charge in [0.25, 0.3) is 5.56 Å². The SMILES string of the molecule is CCCCNC(=O)C1CCC(Cn2c(=O)c3sccc3n(CC(=O)N[C@@H](C)CC)c2=O)CC1. The van der Waals surface area contributed by atoms with Crippen molar-refractivity contribution >= 4 is 33.4 Å². The maximum atomic E-state index is 13.3. The summed E-state index contributed by atoms with van der Waals surface area (Å²) >= 11 is 1.29. The molecule has 2 amide bonds. The predicted molar refractivity (Wildman–Crippen MR) is 132 cm³/mol. The summed E-state index contributed by atoms with van der Waals surface area (Å²) in [6.07, 6.45) is 5.97. The van der Waals surface area contributed by atoms with Crippen molar-refractivity contribution in [2.75, 3.05) is 6.54 Å². The highest BCUT2D eigenvalue weighted by atomic mass is 32.1. The highest BCUT2D eigenvalue weighted by Crippen LogP contribution is 2.29. The average Bonchev–Trinajstić information content (AvgIpc) is 3.30. The Morgan fingerprint density at radius 2 is 1.88 bits per heavy atom. The lowest BCUT2D eigenvalue weighted by Crippen LogP contribution is -2.44. The van der Waals surface area contributed by atoms with Crippen molar-refractivity contribution in [1.29, 1.82) is 0 Å². The highest BCUT2D eigenvalue weighted by Gasteiger charge is 2.27. The maximum Gasteiger partial charge on any atom is 0.332 e. The zero-order valence-corrected chi connectivity index (χ0v) is 20.7. The Kier molecular flexibility index (Phi) is 8.88. The Bertz CT molecular complexity index is 1080. The number of thiophene rings is 1. The highest BCUT2D eigenvalue weighted by molar-refractivity contribution is 7.17. The lowest BCUT2D eigenvalue weighted by Gasteiger charge is -2.28. The van der Waals surface area contributed by atoms with Gasteiger partial charge in [-0.3, -0.25) is 23.5 Å². The standard InChI is InChI=1S/C24H36N4O4S/c1-4-6-12-25-22(30)18-9-7-17(8-10-18)14-28-23(31)21-19(11-13-33-21)27(24(28)32)15-20(29)26-16(3)5-2/h11,13,16-18H,4-10,12,14-15H2,1-3H3,(H,25,30)(H,26,29)/t16-,17?,18?/m0/s1. The van der Waals surface area contributed by atoms with Gasteiger partial charge in [0.15, 0.2) is 0 Å². The van der Waals surface area contributed by atoms with E-state index < -0.39 is 5.69 Å². The summed E-state index contributed by atoms with van der Waals surface area (Å²) < 4.78 is 3.20. The minimum atomic E-state index is -0.440. The summed E-state index contributed by atoms with van der Waals surface area (Å²) in [4.78, 5) is 51.2. The van der Waals surface area contributed by atoms with Gasteiger partial charge < -0.3 is 10.6 Å². The van der Waals surface area contributed by atoms with Crippen molar-refractivity contribution in [1.82, 2.24) is 19.8 Å². The average molecular weight is 477 g/mol. The van der Waals surface area contributed by atoms with E-state index in [0.29, 0.717) is 16.8 Å². The van der Waals surface area contributed by atoms with Crippen molar-refractivity contribution < 1.29 is 9.59 Å². The van der Waals surface area contributed by atoms with Gasteiger partial charge in [-0.1, -0.05) is 20.3 Å². The molecule has 0 radical (unpaired) electrons. The Labute approximate surface area is 198 Å². The molecule has 1 aliphatic rings. The largest absolute Gasteiger partial charge is 0.356 e. The van der Waals surface area contributed by atoms with Crippen molar-refractivity contribution in [3.63, 3.8) is 0 Å². The van der Waals surface area contributed by atoms with Gasteiger partial charge in [0, 0.05) is 25.0 Å². The first-order valence-electron chi connectivity index (χ1n) is 12.1. The second-order valence-electron chi connectivity index (χ2n) is 9.16. The van der Waals surface area contributed by atoms with E-state index in [1.165, 1.54) is 20.5 Å². The van der Waals surface area contributed by atoms with Crippen LogP contribution in [-0.2, 0) is 22.7 Å². The molecule has 0 spiro atoms. The number of carbonyl (C=O) groups is 2. The minimum Gasteiger partial charge on any atom is -0.356 e. The first-order chi connectivity index (χ1) is 15.8. The van der Waals surface area contributed by atoms with Crippen molar-refractivity contribution in [2.45, 2.75) is 84.8 Å². The maximum absolute atomic E-state index is 13.3. The van der Waals surface area contributed by atoms with Crippen LogP contribution >= 0.6 is 11.3 Å². The van der Waals surface area contributed by atoms with Gasteiger partial charge >= 0.3 is 5.69 Å². The number of hydrogen-bond acceptors (Lipinski definition) is 5. The van der Waals surface area contributed by atoms with Gasteiger partial charge in [-0.2, -0.15) is 0 Å². The third kappa shape index (κ3) is 6.13. The lowest BCUT2D eigenvalue weighted by atomic mass is 9.81. The third-order valence-electron chi connectivity index (χ3n) is 6.65. The summed E-state index contributed by atoms with van der Waals surface area (Å²) in [5.74, 6) is 0.0536. The number of nitrogens with zero attached hydrogens (tertiary/aromatic N) is 2. The molecule has 3 rings (SSSR count). The van der Waals surface area contributed by atoms with Crippen LogP contribution in [0, 0.1) is 11.8 Å². The molecule has 2 heterocycles. The topological polar surface area (TPSA) is 102 Å². The molecule has 8 nitrogen and oxygen atoms in total. The number of amides is 2. The predicted octanol–water partition coefficient (Wildman–Crippen LogP) is 2.86. The van der Waals surface area contributed by atoms with Crippen molar-refractivity contribution in [3.05, 3.63) is 32.3 Å². The van der Waals surface area contributed by atoms with E-state index in [2.05, 4.69) is 17.6 Å². The fraction of sp³-hybridized carbons (Fsp3) is 0.667. The minimum absolute atomic E-state index is 0.00973. The molecule has 0 aliphatic heterocycles. The van der Waals surface area contributed by atoms with E-state index in [1.807, 2.05) is 13.8 Å². The van der Waals surface area contributed by atoms with E-state index in [4.69, 9.17) is 0 Å². The number of hydrogen-bond donors (Lipinski definition) is 2. The van der Waals surface area contributed by atoms with Crippen LogP contribution in [0.3, 0.4) is 0 Å². The van der Waals surface area contributed by atoms with Gasteiger partial charge in [0.2, 0.25) is 11.8 Å². The van der Waals surface area contributed by atoms with Crippen LogP contribution in [-0.4, -0.2) is 33.5 Å². The number of carbonyl (C=O) groups excluding carboxylic acids is 2. The van der Waals surface area contributed by atoms with E-state index in [9.17, 15) is 19.2 Å². The second kappa shape index (κ2) is 11.6. The molecule has 9 heteroatoms. The van der Waals surface area contributed by atoms with Crippen LogP contribution in [0.2, 0.25) is 0 Å². The fourth-order valence-corrected chi connectivity index (χ4v) is 5.25. The Balaban J connectivity index is 1.74. The fourth-order valence-electron chi connectivity index (χ4n) is 4.41. The first-order valence-corrected chi connectivity index (χ1v) is 13.0. The molecule has 1 saturated carbocycles. The molecule has 0 bridgehead atoms. The van der Waals surface area contributed by atoms with Gasteiger partial charge in [-0.25, -0.2) is 4.79 Å². The van der Waals surface area contributed by atoms with Gasteiger partial charge in [0.05, 0.1) is 5.52 Å². The van der Waals surface area contributed by atoms with E-state index >= 15 is 0 Å². The van der Waals surface area contributed by atoms with Gasteiger partial charge in [-0.15, -0.1) is 11.3 Å². The molecule has 182 valence electrons. The second-order valence-corrected chi connectivity index (χ2v) is 10.1. The summed E-state index contributed by atoms with van der Waals surface area (Å²) in [5.41, 5.74) is -0.217. The van der Waals surface area contributed by atoms with Crippen LogP contribution in [0.25, 0.3) is 10.2 Å². The zero-order valence-electron chi connectivity index (χ0n) is 19.9. The monoisotopic (exact) mass is 476 g/mol. The molecule has 2 aromatic heterocycles. The Hall–Kier alpha value is -2.42. The quantitative estimate of drug-likeness (QED) is 0.515. The smallest absolute Gasteiger partial charge is 0.332 e. The van der Waals surface area contributed by atoms with Crippen LogP contribution in [0.15, 0.2) is 21.0 Å². The molecule has 0 saturated heterocycles. The number of fused-ring (bicyclic) bond motifs is 1. The molecular weight excluding hydrogens is 440 g/mol. The first kappa shape index (κ1) is 25.2. The lowest BCUT2D eigenvalue weighted by molar-refractivity contribution is -0.126. The van der Waals surface area contributed by atoms with Crippen molar-refractivity contribution in [3.8, 4) is 0 Å². The molecule has 33 heavy (non-hydrogen) atoms. The van der Waals surface area contributed by atoms with Crippen LogP contribution in [0.1, 0.15) is 65.7 Å². The number of nitrogens with one attached hydrogen (secondary N) is 2. The number of unbranched alkanes of at least 4 members (excludes halogenated alkanes) is 1.